The van der Waals surface area contributed by atoms with Crippen LogP contribution in [-0.4, -0.2) is 40.3 Å². The second-order valence-electron chi connectivity index (χ2n) is 3.28. The first-order valence-electron chi connectivity index (χ1n) is 4.66. The van der Waals surface area contributed by atoms with Crippen LogP contribution in [0, 0.1) is 0 Å². The molecule has 1 aromatic heterocycles. The van der Waals surface area contributed by atoms with Crippen molar-refractivity contribution in [3.05, 3.63) is 18.0 Å². The smallest absolute Gasteiger partial charge is 0.354 e. The number of aromatic carboxylic acids is 1. The lowest BCUT2D eigenvalue weighted by atomic mass is 10.3. The molecular formula is C9H11N3O3. The Morgan fingerprint density at radius 3 is 3.20 bits per heavy atom. The van der Waals surface area contributed by atoms with Crippen LogP contribution in [-0.2, 0) is 4.74 Å². The van der Waals surface area contributed by atoms with Gasteiger partial charge in [-0.3, -0.25) is 0 Å². The molecular weight excluding hydrogens is 198 g/mol. The van der Waals surface area contributed by atoms with E-state index in [4.69, 9.17) is 9.84 Å². The van der Waals surface area contributed by atoms with Crippen LogP contribution in [0.1, 0.15) is 16.9 Å². The Bertz CT molecular complexity index is 363. The van der Waals surface area contributed by atoms with Crippen LogP contribution in [0.5, 0.6) is 0 Å². The largest absolute Gasteiger partial charge is 0.477 e. The zero-order valence-electron chi connectivity index (χ0n) is 8.01. The Morgan fingerprint density at radius 2 is 2.53 bits per heavy atom. The summed E-state index contributed by atoms with van der Waals surface area (Å²) in [6.07, 6.45) is 2.31. The molecule has 0 amide bonds. The minimum atomic E-state index is -1.05. The van der Waals surface area contributed by atoms with Gasteiger partial charge in [0.05, 0.1) is 12.6 Å². The number of ether oxygens (including phenoxy) is 1. The number of carboxylic acids is 1. The molecule has 0 aromatic carbocycles. The van der Waals surface area contributed by atoms with Crippen LogP contribution in [0.15, 0.2) is 12.3 Å². The number of aromatic nitrogens is 2. The molecule has 80 valence electrons. The van der Waals surface area contributed by atoms with E-state index < -0.39 is 5.97 Å². The highest BCUT2D eigenvalue weighted by Crippen LogP contribution is 2.09. The SMILES string of the molecule is O=C(O)c1ccnc(NC2CCOC2)n1. The molecule has 15 heavy (non-hydrogen) atoms. The van der Waals surface area contributed by atoms with Crippen molar-refractivity contribution < 1.29 is 14.6 Å². The van der Waals surface area contributed by atoms with Crippen molar-refractivity contribution >= 4 is 11.9 Å². The maximum atomic E-state index is 10.6. The summed E-state index contributed by atoms with van der Waals surface area (Å²) in [5.74, 6) is -0.714. The number of hydrogen-bond acceptors (Lipinski definition) is 5. The van der Waals surface area contributed by atoms with Gasteiger partial charge >= 0.3 is 5.97 Å². The minimum Gasteiger partial charge on any atom is -0.477 e. The van der Waals surface area contributed by atoms with Crippen LogP contribution in [0.25, 0.3) is 0 Å². The van der Waals surface area contributed by atoms with Crippen LogP contribution in [0.2, 0.25) is 0 Å². The molecule has 1 aliphatic heterocycles. The summed E-state index contributed by atoms with van der Waals surface area (Å²) >= 11 is 0. The number of rotatable bonds is 3. The first kappa shape index (κ1) is 9.85. The van der Waals surface area contributed by atoms with E-state index in [0.717, 1.165) is 13.0 Å². The van der Waals surface area contributed by atoms with E-state index in [1.807, 2.05) is 0 Å². The van der Waals surface area contributed by atoms with Crippen molar-refractivity contribution in [2.45, 2.75) is 12.5 Å². The fourth-order valence-corrected chi connectivity index (χ4v) is 1.38. The van der Waals surface area contributed by atoms with E-state index in [1.54, 1.807) is 0 Å². The van der Waals surface area contributed by atoms with Crippen LogP contribution in [0.3, 0.4) is 0 Å². The number of carboxylic acid groups (broad SMARTS) is 1. The van der Waals surface area contributed by atoms with Crippen LogP contribution in [0.4, 0.5) is 5.95 Å². The van der Waals surface area contributed by atoms with E-state index in [1.165, 1.54) is 12.3 Å². The van der Waals surface area contributed by atoms with Gasteiger partial charge in [-0.05, 0) is 12.5 Å². The van der Waals surface area contributed by atoms with Gasteiger partial charge in [-0.1, -0.05) is 0 Å². The predicted molar refractivity (Wildman–Crippen MR) is 51.8 cm³/mol. The molecule has 0 aliphatic carbocycles. The van der Waals surface area contributed by atoms with E-state index in [-0.39, 0.29) is 11.7 Å². The molecule has 1 unspecified atom stereocenters. The standard InChI is InChI=1S/C9H11N3O3/c13-8(14)7-1-3-10-9(12-7)11-6-2-4-15-5-6/h1,3,6H,2,4-5H2,(H,13,14)(H,10,11,12). The number of hydrogen-bond donors (Lipinski definition) is 2. The molecule has 0 radical (unpaired) electrons. The first-order chi connectivity index (χ1) is 7.25. The van der Waals surface area contributed by atoms with E-state index in [0.29, 0.717) is 12.6 Å². The average molecular weight is 209 g/mol. The summed E-state index contributed by atoms with van der Waals surface area (Å²) < 4.78 is 5.17. The van der Waals surface area contributed by atoms with Gasteiger partial charge in [-0.2, -0.15) is 0 Å². The Kier molecular flexibility index (Phi) is 2.77. The maximum absolute atomic E-state index is 10.6. The molecule has 6 nitrogen and oxygen atoms in total. The number of nitrogens with one attached hydrogen (secondary N) is 1. The van der Waals surface area contributed by atoms with Crippen LogP contribution < -0.4 is 5.32 Å². The van der Waals surface area contributed by atoms with E-state index in [2.05, 4.69) is 15.3 Å². The number of anilines is 1. The van der Waals surface area contributed by atoms with Crippen molar-refractivity contribution in [3.63, 3.8) is 0 Å². The van der Waals surface area contributed by atoms with Crippen molar-refractivity contribution in [3.8, 4) is 0 Å². The van der Waals surface area contributed by atoms with Gasteiger partial charge in [0.15, 0.2) is 5.69 Å². The number of carbonyl (C=O) groups is 1. The van der Waals surface area contributed by atoms with Crippen molar-refractivity contribution in [2.24, 2.45) is 0 Å². The zero-order chi connectivity index (χ0) is 10.7. The molecule has 1 fully saturated rings. The van der Waals surface area contributed by atoms with Crippen molar-refractivity contribution in [1.82, 2.24) is 9.97 Å². The summed E-state index contributed by atoms with van der Waals surface area (Å²) in [6, 6.07) is 1.53. The molecule has 0 bridgehead atoms. The summed E-state index contributed by atoms with van der Waals surface area (Å²) in [7, 11) is 0. The first-order valence-corrected chi connectivity index (χ1v) is 4.66. The zero-order valence-corrected chi connectivity index (χ0v) is 8.01. The summed E-state index contributed by atoms with van der Waals surface area (Å²) in [5.41, 5.74) is -0.00795. The molecule has 1 atom stereocenters. The Balaban J connectivity index is 2.07. The van der Waals surface area contributed by atoms with Crippen molar-refractivity contribution in [2.75, 3.05) is 18.5 Å². The summed E-state index contributed by atoms with van der Waals surface area (Å²) in [6.45, 7) is 1.33. The number of nitrogens with zero attached hydrogens (tertiary/aromatic N) is 2. The molecule has 1 aliphatic rings. The van der Waals surface area contributed by atoms with Gasteiger partial charge in [0.25, 0.3) is 0 Å². The quantitative estimate of drug-likeness (QED) is 0.748. The highest BCUT2D eigenvalue weighted by molar-refractivity contribution is 5.85. The third-order valence-electron chi connectivity index (χ3n) is 2.14. The highest BCUT2D eigenvalue weighted by Gasteiger charge is 2.16. The van der Waals surface area contributed by atoms with Gasteiger partial charge in [0.1, 0.15) is 0 Å². The molecule has 0 saturated carbocycles. The van der Waals surface area contributed by atoms with Crippen molar-refractivity contribution in [1.29, 1.82) is 0 Å². The van der Waals surface area contributed by atoms with Gasteiger partial charge in [-0.25, -0.2) is 14.8 Å². The molecule has 6 heteroatoms. The molecule has 2 N–H and O–H groups in total. The second kappa shape index (κ2) is 4.22. The van der Waals surface area contributed by atoms with E-state index in [9.17, 15) is 4.79 Å². The second-order valence-corrected chi connectivity index (χ2v) is 3.28. The van der Waals surface area contributed by atoms with Gasteiger partial charge in [0.2, 0.25) is 5.95 Å². The van der Waals surface area contributed by atoms with E-state index >= 15 is 0 Å². The van der Waals surface area contributed by atoms with Crippen LogP contribution >= 0.6 is 0 Å². The maximum Gasteiger partial charge on any atom is 0.354 e. The summed E-state index contributed by atoms with van der Waals surface area (Å²) in [5, 5.41) is 11.8. The lowest BCUT2D eigenvalue weighted by Crippen LogP contribution is -2.21. The normalized spacial score (nSPS) is 20.1. The molecule has 1 aromatic rings. The monoisotopic (exact) mass is 209 g/mol. The highest BCUT2D eigenvalue weighted by atomic mass is 16.5. The third kappa shape index (κ3) is 2.41. The fourth-order valence-electron chi connectivity index (χ4n) is 1.38. The fraction of sp³-hybridized carbons (Fsp3) is 0.444. The molecule has 1 saturated heterocycles. The minimum absolute atomic E-state index is 0.00795. The molecule has 2 heterocycles. The molecule has 2 rings (SSSR count). The van der Waals surface area contributed by atoms with Gasteiger partial charge < -0.3 is 15.2 Å². The Hall–Kier alpha value is -1.69. The predicted octanol–water partition coefficient (Wildman–Crippen LogP) is 0.376. The lowest BCUT2D eigenvalue weighted by Gasteiger charge is -2.09. The lowest BCUT2D eigenvalue weighted by molar-refractivity contribution is 0.0690. The average Bonchev–Trinajstić information content (AvgIpc) is 2.71. The van der Waals surface area contributed by atoms with Gasteiger partial charge in [-0.15, -0.1) is 0 Å². The molecule has 0 spiro atoms. The Morgan fingerprint density at radius 1 is 1.67 bits per heavy atom. The third-order valence-corrected chi connectivity index (χ3v) is 2.14. The summed E-state index contributed by atoms with van der Waals surface area (Å²) in [4.78, 5) is 18.5. The Labute approximate surface area is 86.3 Å². The topological polar surface area (TPSA) is 84.3 Å². The van der Waals surface area contributed by atoms with Gasteiger partial charge in [0, 0.05) is 12.8 Å².